The molecule has 106 valence electrons. The van der Waals surface area contributed by atoms with Crippen LogP contribution in [-0.4, -0.2) is 5.91 Å². The highest BCUT2D eigenvalue weighted by Gasteiger charge is 2.12. The third kappa shape index (κ3) is 3.43. The fourth-order valence-corrected chi connectivity index (χ4v) is 2.99. The smallest absolute Gasteiger partial charge is 0.275 e. The number of hydrogen-bond acceptors (Lipinski definition) is 4. The molecule has 1 aromatic heterocycles. The van der Waals surface area contributed by atoms with Crippen LogP contribution < -0.4 is 16.0 Å². The molecular weight excluding hydrogens is 319 g/mol. The summed E-state index contributed by atoms with van der Waals surface area (Å²) in [5.74, 6) is 5.34. The maximum Gasteiger partial charge on any atom is 0.275 e. The van der Waals surface area contributed by atoms with E-state index in [4.69, 9.17) is 33.8 Å². The quantitative estimate of drug-likeness (QED) is 0.512. The van der Waals surface area contributed by atoms with Gasteiger partial charge in [0.25, 0.3) is 5.91 Å². The van der Waals surface area contributed by atoms with Crippen LogP contribution >= 0.6 is 34.5 Å². The Balaban J connectivity index is 2.11. The van der Waals surface area contributed by atoms with Gasteiger partial charge in [0.1, 0.15) is 12.4 Å². The van der Waals surface area contributed by atoms with Crippen LogP contribution in [0.2, 0.25) is 10.0 Å². The SMILES string of the molecule is Cc1sc(C(=O)NN)cc1COc1ccc(Cl)cc1Cl. The maximum absolute atomic E-state index is 11.4. The van der Waals surface area contributed by atoms with Crippen molar-refractivity contribution >= 4 is 40.4 Å². The fraction of sp³-hybridized carbons (Fsp3) is 0.154. The van der Waals surface area contributed by atoms with E-state index in [1.807, 2.05) is 6.92 Å². The van der Waals surface area contributed by atoms with Gasteiger partial charge in [-0.15, -0.1) is 11.3 Å². The Labute approximate surface area is 130 Å². The number of rotatable bonds is 4. The molecule has 3 N–H and O–H groups in total. The predicted octanol–water partition coefficient (Wildman–Crippen LogP) is 3.55. The molecule has 0 aliphatic carbocycles. The summed E-state index contributed by atoms with van der Waals surface area (Å²) < 4.78 is 5.64. The summed E-state index contributed by atoms with van der Waals surface area (Å²) in [7, 11) is 0. The Morgan fingerprint density at radius 1 is 1.40 bits per heavy atom. The molecule has 0 radical (unpaired) electrons. The summed E-state index contributed by atoms with van der Waals surface area (Å²) in [5, 5.41) is 1.00. The summed E-state index contributed by atoms with van der Waals surface area (Å²) in [6, 6.07) is 6.79. The summed E-state index contributed by atoms with van der Waals surface area (Å²) in [4.78, 5) is 13.0. The largest absolute Gasteiger partial charge is 0.487 e. The first-order valence-corrected chi connectivity index (χ1v) is 7.26. The number of aryl methyl sites for hydroxylation is 1. The van der Waals surface area contributed by atoms with Gasteiger partial charge >= 0.3 is 0 Å². The molecule has 1 amide bonds. The van der Waals surface area contributed by atoms with Gasteiger partial charge in [0, 0.05) is 15.5 Å². The van der Waals surface area contributed by atoms with E-state index in [1.54, 1.807) is 24.3 Å². The number of hydrogen-bond donors (Lipinski definition) is 2. The zero-order valence-corrected chi connectivity index (χ0v) is 12.9. The topological polar surface area (TPSA) is 64.4 Å². The van der Waals surface area contributed by atoms with Crippen LogP contribution in [0.5, 0.6) is 5.75 Å². The van der Waals surface area contributed by atoms with Crippen molar-refractivity contribution in [3.8, 4) is 5.75 Å². The zero-order valence-electron chi connectivity index (χ0n) is 10.6. The molecule has 1 heterocycles. The highest BCUT2D eigenvalue weighted by molar-refractivity contribution is 7.14. The average molecular weight is 331 g/mol. The molecule has 0 saturated heterocycles. The molecule has 7 heteroatoms. The van der Waals surface area contributed by atoms with Crippen LogP contribution in [0.3, 0.4) is 0 Å². The molecule has 2 rings (SSSR count). The van der Waals surface area contributed by atoms with E-state index in [0.29, 0.717) is 27.3 Å². The van der Waals surface area contributed by atoms with Crippen molar-refractivity contribution in [1.29, 1.82) is 0 Å². The lowest BCUT2D eigenvalue weighted by atomic mass is 10.2. The number of carbonyl (C=O) groups excluding carboxylic acids is 1. The van der Waals surface area contributed by atoms with Crippen molar-refractivity contribution in [2.45, 2.75) is 13.5 Å². The lowest BCUT2D eigenvalue weighted by molar-refractivity contribution is 0.0957. The summed E-state index contributed by atoms with van der Waals surface area (Å²) in [5.41, 5.74) is 3.02. The van der Waals surface area contributed by atoms with Crippen molar-refractivity contribution in [1.82, 2.24) is 5.43 Å². The number of carbonyl (C=O) groups is 1. The van der Waals surface area contributed by atoms with Crippen LogP contribution in [0.1, 0.15) is 20.1 Å². The van der Waals surface area contributed by atoms with Crippen molar-refractivity contribution in [3.05, 3.63) is 49.6 Å². The van der Waals surface area contributed by atoms with Crippen LogP contribution in [0.4, 0.5) is 0 Å². The average Bonchev–Trinajstić information content (AvgIpc) is 2.78. The first-order chi connectivity index (χ1) is 9.51. The van der Waals surface area contributed by atoms with Gasteiger partial charge in [-0.25, -0.2) is 5.84 Å². The monoisotopic (exact) mass is 330 g/mol. The van der Waals surface area contributed by atoms with E-state index < -0.39 is 0 Å². The molecular formula is C13H12Cl2N2O2S. The van der Waals surface area contributed by atoms with Gasteiger partial charge in [-0.05, 0) is 31.2 Å². The third-order valence-corrected chi connectivity index (χ3v) is 4.27. The van der Waals surface area contributed by atoms with Gasteiger partial charge in [-0.2, -0.15) is 0 Å². The van der Waals surface area contributed by atoms with Crippen molar-refractivity contribution in [3.63, 3.8) is 0 Å². The first kappa shape index (κ1) is 15.1. The van der Waals surface area contributed by atoms with Crippen LogP contribution in [0.15, 0.2) is 24.3 Å². The van der Waals surface area contributed by atoms with Gasteiger partial charge < -0.3 is 4.74 Å². The number of nitrogens with one attached hydrogen (secondary N) is 1. The normalized spacial score (nSPS) is 10.4. The minimum absolute atomic E-state index is 0.311. The minimum Gasteiger partial charge on any atom is -0.487 e. The number of benzene rings is 1. The number of nitrogen functional groups attached to an aromatic ring is 1. The number of thiophene rings is 1. The second-order valence-corrected chi connectivity index (χ2v) is 6.13. The van der Waals surface area contributed by atoms with Crippen LogP contribution in [0, 0.1) is 6.92 Å². The van der Waals surface area contributed by atoms with E-state index >= 15 is 0 Å². The molecule has 0 spiro atoms. The number of nitrogens with two attached hydrogens (primary N) is 1. The zero-order chi connectivity index (χ0) is 14.7. The second kappa shape index (κ2) is 6.45. The standard InChI is InChI=1S/C13H12Cl2N2O2S/c1-7-8(4-12(20-7)13(18)17-16)6-19-11-3-2-9(14)5-10(11)15/h2-5H,6,16H2,1H3,(H,17,18). The number of hydrazine groups is 1. The minimum atomic E-state index is -0.311. The summed E-state index contributed by atoms with van der Waals surface area (Å²) in [6.07, 6.45) is 0. The van der Waals surface area contributed by atoms with Crippen molar-refractivity contribution in [2.24, 2.45) is 5.84 Å². The lowest BCUT2D eigenvalue weighted by Crippen LogP contribution is -2.29. The van der Waals surface area contributed by atoms with Crippen molar-refractivity contribution in [2.75, 3.05) is 0 Å². The molecule has 0 atom stereocenters. The molecule has 0 bridgehead atoms. The summed E-state index contributed by atoms with van der Waals surface area (Å²) >= 11 is 13.2. The highest BCUT2D eigenvalue weighted by Crippen LogP contribution is 2.29. The van der Waals surface area contributed by atoms with Gasteiger partial charge in [0.2, 0.25) is 0 Å². The van der Waals surface area contributed by atoms with E-state index in [1.165, 1.54) is 11.3 Å². The lowest BCUT2D eigenvalue weighted by Gasteiger charge is -2.07. The van der Waals surface area contributed by atoms with E-state index in [2.05, 4.69) is 5.43 Å². The molecule has 0 fully saturated rings. The van der Waals surface area contributed by atoms with E-state index in [9.17, 15) is 4.79 Å². The number of amides is 1. The number of halogens is 2. The van der Waals surface area contributed by atoms with Gasteiger partial charge in [0.05, 0.1) is 9.90 Å². The van der Waals surface area contributed by atoms with Crippen molar-refractivity contribution < 1.29 is 9.53 Å². The predicted molar refractivity (Wildman–Crippen MR) is 81.5 cm³/mol. The van der Waals surface area contributed by atoms with Gasteiger partial charge in [-0.3, -0.25) is 10.2 Å². The molecule has 1 aromatic carbocycles. The molecule has 4 nitrogen and oxygen atoms in total. The Hall–Kier alpha value is -1.27. The summed E-state index contributed by atoms with van der Waals surface area (Å²) in [6.45, 7) is 2.24. The van der Waals surface area contributed by atoms with E-state index in [0.717, 1.165) is 10.4 Å². The first-order valence-electron chi connectivity index (χ1n) is 5.69. The Kier molecular flexibility index (Phi) is 4.88. The van der Waals surface area contributed by atoms with Gasteiger partial charge in [-0.1, -0.05) is 23.2 Å². The second-order valence-electron chi connectivity index (χ2n) is 4.03. The molecule has 0 unspecified atom stereocenters. The highest BCUT2D eigenvalue weighted by atomic mass is 35.5. The molecule has 20 heavy (non-hydrogen) atoms. The molecule has 0 aliphatic rings. The Bertz CT molecular complexity index is 643. The number of ether oxygens (including phenoxy) is 1. The van der Waals surface area contributed by atoms with Gasteiger partial charge in [0.15, 0.2) is 0 Å². The van der Waals surface area contributed by atoms with Crippen LogP contribution in [0.25, 0.3) is 0 Å². The molecule has 0 saturated carbocycles. The molecule has 0 aliphatic heterocycles. The third-order valence-electron chi connectivity index (χ3n) is 2.65. The maximum atomic E-state index is 11.4. The molecule has 2 aromatic rings. The fourth-order valence-electron chi connectivity index (χ4n) is 1.59. The Morgan fingerprint density at radius 3 is 2.80 bits per heavy atom. The Morgan fingerprint density at radius 2 is 2.15 bits per heavy atom. The van der Waals surface area contributed by atoms with Crippen LogP contribution in [-0.2, 0) is 6.61 Å². The van der Waals surface area contributed by atoms with E-state index in [-0.39, 0.29) is 5.91 Å².